The number of aromatic hydroxyl groups is 4. The molecule has 0 aliphatic carbocycles. The molecule has 0 unspecified atom stereocenters. The Balaban J connectivity index is 1.98. The topological polar surface area (TPSA) is 148 Å². The van der Waals surface area contributed by atoms with E-state index in [9.17, 15) is 30.0 Å². The van der Waals surface area contributed by atoms with Gasteiger partial charge in [0, 0.05) is 12.6 Å². The highest BCUT2D eigenvalue weighted by Crippen LogP contribution is 2.26. The van der Waals surface area contributed by atoms with E-state index in [2.05, 4.69) is 10.6 Å². The van der Waals surface area contributed by atoms with Crippen molar-refractivity contribution in [1.29, 1.82) is 0 Å². The first-order chi connectivity index (χ1) is 15.4. The lowest BCUT2D eigenvalue weighted by Gasteiger charge is -2.24. The van der Waals surface area contributed by atoms with Gasteiger partial charge >= 0.3 is 0 Å². The Morgan fingerprint density at radius 1 is 0.970 bits per heavy atom. The SMILES string of the molecule is CC(C)(C)OC[C@H](NC(=O)C=Cc1ccc(O)c(O)c1)C(=O)NCCc1ccc(O)c(O)c1. The maximum absolute atomic E-state index is 12.7. The summed E-state index contributed by atoms with van der Waals surface area (Å²) in [4.78, 5) is 25.1. The number of hydrogen-bond acceptors (Lipinski definition) is 7. The summed E-state index contributed by atoms with van der Waals surface area (Å²) in [6, 6.07) is 7.58. The van der Waals surface area contributed by atoms with Crippen LogP contribution in [0.25, 0.3) is 6.08 Å². The molecule has 0 aliphatic rings. The van der Waals surface area contributed by atoms with Gasteiger partial charge in [-0.2, -0.15) is 0 Å². The Bertz CT molecular complexity index is 1010. The van der Waals surface area contributed by atoms with Crippen molar-refractivity contribution < 1.29 is 34.8 Å². The molecule has 9 nitrogen and oxygen atoms in total. The minimum absolute atomic E-state index is 0.0467. The Kier molecular flexibility index (Phi) is 8.70. The van der Waals surface area contributed by atoms with E-state index in [-0.39, 0.29) is 36.1 Å². The van der Waals surface area contributed by atoms with Crippen LogP contribution in [0.1, 0.15) is 31.9 Å². The third-order valence-electron chi connectivity index (χ3n) is 4.50. The molecule has 2 amide bonds. The van der Waals surface area contributed by atoms with Crippen LogP contribution in [0.2, 0.25) is 0 Å². The number of amides is 2. The third-order valence-corrected chi connectivity index (χ3v) is 4.50. The van der Waals surface area contributed by atoms with Crippen molar-refractivity contribution in [3.05, 3.63) is 53.6 Å². The van der Waals surface area contributed by atoms with E-state index in [0.717, 1.165) is 5.56 Å². The van der Waals surface area contributed by atoms with Crippen LogP contribution in [-0.2, 0) is 20.7 Å². The highest BCUT2D eigenvalue weighted by Gasteiger charge is 2.23. The van der Waals surface area contributed by atoms with Crippen LogP contribution in [0.5, 0.6) is 23.0 Å². The summed E-state index contributed by atoms with van der Waals surface area (Å²) in [5, 5.41) is 43.2. The first-order valence-corrected chi connectivity index (χ1v) is 10.4. The molecule has 0 spiro atoms. The molecule has 0 fully saturated rings. The van der Waals surface area contributed by atoms with Crippen molar-refractivity contribution in [1.82, 2.24) is 10.6 Å². The second kappa shape index (κ2) is 11.2. The Hall–Kier alpha value is -3.72. The summed E-state index contributed by atoms with van der Waals surface area (Å²) >= 11 is 0. The van der Waals surface area contributed by atoms with Crippen LogP contribution in [0, 0.1) is 0 Å². The molecule has 2 aromatic rings. The smallest absolute Gasteiger partial charge is 0.245 e. The molecule has 6 N–H and O–H groups in total. The van der Waals surface area contributed by atoms with Gasteiger partial charge in [0.15, 0.2) is 23.0 Å². The fraction of sp³-hybridized carbons (Fsp3) is 0.333. The molecule has 2 rings (SSSR count). The molecule has 0 radical (unpaired) electrons. The standard InChI is InChI=1S/C24H30N2O7/c1-24(2,3)33-14-17(23(32)25-11-10-16-5-8-19(28)21(30)13-16)26-22(31)9-6-15-4-7-18(27)20(29)12-15/h4-9,12-13,17,27-30H,10-11,14H2,1-3H3,(H,25,32)(H,26,31)/t17-/m0/s1. The predicted octanol–water partition coefficient (Wildman–Crippen LogP) is 2.18. The Morgan fingerprint density at radius 2 is 1.61 bits per heavy atom. The number of phenols is 4. The number of ether oxygens (including phenoxy) is 1. The van der Waals surface area contributed by atoms with Gasteiger partial charge in [0.2, 0.25) is 11.8 Å². The average molecular weight is 459 g/mol. The molecule has 0 saturated carbocycles. The summed E-state index contributed by atoms with van der Waals surface area (Å²) in [6.07, 6.45) is 3.05. The van der Waals surface area contributed by atoms with Crippen molar-refractivity contribution in [2.75, 3.05) is 13.2 Å². The Morgan fingerprint density at radius 3 is 2.21 bits per heavy atom. The average Bonchev–Trinajstić information content (AvgIpc) is 2.73. The lowest BCUT2D eigenvalue weighted by molar-refractivity contribution is -0.130. The van der Waals surface area contributed by atoms with Crippen molar-refractivity contribution in [2.24, 2.45) is 0 Å². The number of nitrogens with one attached hydrogen (secondary N) is 2. The van der Waals surface area contributed by atoms with Gasteiger partial charge in [0.1, 0.15) is 6.04 Å². The molecule has 0 heterocycles. The zero-order chi connectivity index (χ0) is 24.6. The van der Waals surface area contributed by atoms with Crippen molar-refractivity contribution >= 4 is 17.9 Å². The summed E-state index contributed by atoms with van der Waals surface area (Å²) in [5.41, 5.74) is 0.688. The zero-order valence-corrected chi connectivity index (χ0v) is 18.8. The van der Waals surface area contributed by atoms with Gasteiger partial charge < -0.3 is 35.8 Å². The molecular weight excluding hydrogens is 428 g/mol. The highest BCUT2D eigenvalue weighted by molar-refractivity contribution is 5.95. The summed E-state index contributed by atoms with van der Waals surface area (Å²) < 4.78 is 5.68. The highest BCUT2D eigenvalue weighted by atomic mass is 16.5. The quantitative estimate of drug-likeness (QED) is 0.249. The van der Waals surface area contributed by atoms with Crippen LogP contribution in [0.15, 0.2) is 42.5 Å². The van der Waals surface area contributed by atoms with E-state index in [1.807, 2.05) is 20.8 Å². The fourth-order valence-electron chi connectivity index (χ4n) is 2.73. The number of carbonyl (C=O) groups excluding carboxylic acids is 2. The molecule has 33 heavy (non-hydrogen) atoms. The summed E-state index contributed by atoms with van der Waals surface area (Å²) in [5.74, 6) is -2.02. The monoisotopic (exact) mass is 458 g/mol. The first-order valence-electron chi connectivity index (χ1n) is 10.4. The van der Waals surface area contributed by atoms with Gasteiger partial charge in [-0.3, -0.25) is 9.59 Å². The van der Waals surface area contributed by atoms with Crippen molar-refractivity contribution in [3.63, 3.8) is 0 Å². The molecule has 0 saturated heterocycles. The van der Waals surface area contributed by atoms with Crippen LogP contribution < -0.4 is 10.6 Å². The van der Waals surface area contributed by atoms with E-state index in [1.165, 1.54) is 42.5 Å². The van der Waals surface area contributed by atoms with Gasteiger partial charge in [-0.1, -0.05) is 12.1 Å². The second-order valence-electron chi connectivity index (χ2n) is 8.43. The number of hydrogen-bond donors (Lipinski definition) is 6. The second-order valence-corrected chi connectivity index (χ2v) is 8.43. The van der Waals surface area contributed by atoms with Crippen LogP contribution in [0.4, 0.5) is 0 Å². The van der Waals surface area contributed by atoms with E-state index in [1.54, 1.807) is 6.07 Å². The van der Waals surface area contributed by atoms with E-state index < -0.39 is 23.5 Å². The third kappa shape index (κ3) is 8.74. The Labute approximate surface area is 192 Å². The van der Waals surface area contributed by atoms with Gasteiger partial charge in [-0.05, 0) is 68.7 Å². The van der Waals surface area contributed by atoms with Gasteiger partial charge in [-0.25, -0.2) is 0 Å². The lowest BCUT2D eigenvalue weighted by Crippen LogP contribution is -2.50. The van der Waals surface area contributed by atoms with E-state index in [0.29, 0.717) is 12.0 Å². The fourth-order valence-corrected chi connectivity index (χ4v) is 2.73. The normalized spacial score (nSPS) is 12.5. The first kappa shape index (κ1) is 25.5. The number of phenolic OH excluding ortho intramolecular Hbond substituents is 4. The van der Waals surface area contributed by atoms with Crippen LogP contribution in [-0.4, -0.2) is 57.0 Å². The van der Waals surface area contributed by atoms with Crippen molar-refractivity contribution in [3.8, 4) is 23.0 Å². The summed E-state index contributed by atoms with van der Waals surface area (Å²) in [6.45, 7) is 5.69. The maximum Gasteiger partial charge on any atom is 0.245 e. The largest absolute Gasteiger partial charge is 0.504 e. The van der Waals surface area contributed by atoms with Crippen LogP contribution >= 0.6 is 0 Å². The number of benzene rings is 2. The molecule has 0 aromatic heterocycles. The predicted molar refractivity (Wildman–Crippen MR) is 123 cm³/mol. The molecule has 0 aliphatic heterocycles. The van der Waals surface area contributed by atoms with Gasteiger partial charge in [0.25, 0.3) is 0 Å². The number of carbonyl (C=O) groups is 2. The van der Waals surface area contributed by atoms with Crippen molar-refractivity contribution in [2.45, 2.75) is 38.8 Å². The summed E-state index contributed by atoms with van der Waals surface area (Å²) in [7, 11) is 0. The van der Waals surface area contributed by atoms with E-state index in [4.69, 9.17) is 4.74 Å². The lowest BCUT2D eigenvalue weighted by atomic mass is 10.1. The molecule has 2 aromatic carbocycles. The maximum atomic E-state index is 12.7. The minimum Gasteiger partial charge on any atom is -0.504 e. The van der Waals surface area contributed by atoms with E-state index >= 15 is 0 Å². The number of rotatable bonds is 9. The van der Waals surface area contributed by atoms with Gasteiger partial charge in [0.05, 0.1) is 12.2 Å². The zero-order valence-electron chi connectivity index (χ0n) is 18.8. The minimum atomic E-state index is -0.956. The molecule has 178 valence electrons. The molecular formula is C24H30N2O7. The molecule has 0 bridgehead atoms. The molecule has 9 heteroatoms. The van der Waals surface area contributed by atoms with Crippen LogP contribution in [0.3, 0.4) is 0 Å². The molecule has 1 atom stereocenters. The van der Waals surface area contributed by atoms with Gasteiger partial charge in [-0.15, -0.1) is 0 Å².